The van der Waals surface area contributed by atoms with E-state index in [2.05, 4.69) is 26.2 Å². The lowest BCUT2D eigenvalue weighted by molar-refractivity contribution is 0.0905. The zero-order chi connectivity index (χ0) is 13.2. The highest BCUT2D eigenvalue weighted by atomic mass is 79.9. The summed E-state index contributed by atoms with van der Waals surface area (Å²) in [5.41, 5.74) is -0.408. The van der Waals surface area contributed by atoms with E-state index in [0.29, 0.717) is 4.88 Å². The Morgan fingerprint density at radius 1 is 1.50 bits per heavy atom. The van der Waals surface area contributed by atoms with Gasteiger partial charge >= 0.3 is 0 Å². The Labute approximate surface area is 122 Å². The van der Waals surface area contributed by atoms with E-state index in [4.69, 9.17) is 0 Å². The Morgan fingerprint density at radius 3 is 2.78 bits per heavy atom. The van der Waals surface area contributed by atoms with Crippen LogP contribution in [-0.2, 0) is 5.54 Å². The van der Waals surface area contributed by atoms with Crippen molar-refractivity contribution in [2.45, 2.75) is 25.8 Å². The fraction of sp³-hybridized carbons (Fsp3) is 0.333. The van der Waals surface area contributed by atoms with Gasteiger partial charge in [0.2, 0.25) is 0 Å². The van der Waals surface area contributed by atoms with Gasteiger partial charge in [-0.15, -0.1) is 22.7 Å². The van der Waals surface area contributed by atoms with E-state index in [1.165, 1.54) is 11.3 Å². The first-order valence-corrected chi connectivity index (χ1v) is 8.07. The third kappa shape index (κ3) is 2.65. The first-order chi connectivity index (χ1) is 8.57. The largest absolute Gasteiger partial charge is 0.340 e. The van der Waals surface area contributed by atoms with Crippen LogP contribution in [0.5, 0.6) is 0 Å². The number of rotatable bonds is 4. The number of carbonyl (C=O) groups excluding carboxylic acids is 1. The molecule has 1 N–H and O–H groups in total. The van der Waals surface area contributed by atoms with Gasteiger partial charge in [0.15, 0.2) is 0 Å². The van der Waals surface area contributed by atoms with Crippen molar-refractivity contribution in [1.29, 1.82) is 0 Å². The van der Waals surface area contributed by atoms with E-state index in [9.17, 15) is 4.79 Å². The maximum Gasteiger partial charge on any atom is 0.263 e. The first kappa shape index (κ1) is 13.7. The smallest absolute Gasteiger partial charge is 0.263 e. The molecule has 0 saturated heterocycles. The molecule has 0 spiro atoms. The van der Waals surface area contributed by atoms with E-state index >= 15 is 0 Å². The summed E-state index contributed by atoms with van der Waals surface area (Å²) in [6.07, 6.45) is 2.57. The highest BCUT2D eigenvalue weighted by Crippen LogP contribution is 2.29. The van der Waals surface area contributed by atoms with Gasteiger partial charge in [0, 0.05) is 16.0 Å². The summed E-state index contributed by atoms with van der Waals surface area (Å²) in [6.45, 7) is 4.05. The van der Waals surface area contributed by atoms with Crippen molar-refractivity contribution in [2.75, 3.05) is 0 Å². The van der Waals surface area contributed by atoms with Crippen molar-refractivity contribution in [3.8, 4) is 0 Å². The lowest BCUT2D eigenvalue weighted by Crippen LogP contribution is -2.42. The molecule has 0 unspecified atom stereocenters. The minimum Gasteiger partial charge on any atom is -0.340 e. The Balaban J connectivity index is 2.22. The topological polar surface area (TPSA) is 42.0 Å². The van der Waals surface area contributed by atoms with Crippen LogP contribution in [0.3, 0.4) is 0 Å². The van der Waals surface area contributed by atoms with Crippen molar-refractivity contribution in [3.63, 3.8) is 0 Å². The van der Waals surface area contributed by atoms with E-state index < -0.39 is 5.54 Å². The summed E-state index contributed by atoms with van der Waals surface area (Å²) in [5.74, 6) is -0.0589. The molecule has 0 saturated carbocycles. The van der Waals surface area contributed by atoms with Crippen LogP contribution in [0.2, 0.25) is 0 Å². The normalized spacial score (nSPS) is 14.2. The quantitative estimate of drug-likeness (QED) is 0.909. The van der Waals surface area contributed by atoms with Crippen LogP contribution in [0.1, 0.15) is 34.9 Å². The molecule has 2 rings (SSSR count). The average Bonchev–Trinajstić information content (AvgIpc) is 2.99. The summed E-state index contributed by atoms with van der Waals surface area (Å²) in [7, 11) is 0. The Morgan fingerprint density at radius 2 is 2.28 bits per heavy atom. The van der Waals surface area contributed by atoms with Crippen LogP contribution in [-0.4, -0.2) is 10.9 Å². The lowest BCUT2D eigenvalue weighted by atomic mass is 10.00. The van der Waals surface area contributed by atoms with E-state index in [1.54, 1.807) is 17.5 Å². The lowest BCUT2D eigenvalue weighted by Gasteiger charge is -2.27. The molecule has 1 amide bonds. The van der Waals surface area contributed by atoms with Gasteiger partial charge in [-0.3, -0.25) is 4.79 Å². The number of nitrogens with zero attached hydrogens (tertiary/aromatic N) is 1. The number of thiophene rings is 1. The summed E-state index contributed by atoms with van der Waals surface area (Å²) < 4.78 is 0.836. The van der Waals surface area contributed by atoms with Crippen molar-refractivity contribution >= 4 is 44.5 Å². The van der Waals surface area contributed by atoms with Crippen molar-refractivity contribution in [3.05, 3.63) is 37.4 Å². The van der Waals surface area contributed by atoms with Crippen LogP contribution in [0, 0.1) is 0 Å². The van der Waals surface area contributed by atoms with Crippen molar-refractivity contribution in [2.24, 2.45) is 0 Å². The standard InChI is InChI=1S/C12H13BrN2OS2/c1-3-12(2,11-14-5-7-18-11)15-10(16)9-8(13)4-6-17-9/h4-7H,3H2,1-2H3,(H,15,16)/t12-/m1/s1. The average molecular weight is 345 g/mol. The fourth-order valence-corrected chi connectivity index (χ4v) is 3.83. The SMILES string of the molecule is CC[C@@](C)(NC(=O)c1sccc1Br)c1nccs1. The first-order valence-electron chi connectivity index (χ1n) is 5.52. The fourth-order valence-electron chi connectivity index (χ4n) is 1.55. The van der Waals surface area contributed by atoms with Crippen molar-refractivity contribution in [1.82, 2.24) is 10.3 Å². The number of hydrogen-bond acceptors (Lipinski definition) is 4. The minimum atomic E-state index is -0.408. The molecule has 0 radical (unpaired) electrons. The maximum atomic E-state index is 12.2. The third-order valence-corrected chi connectivity index (χ3v) is 5.70. The molecule has 0 aromatic carbocycles. The monoisotopic (exact) mass is 344 g/mol. The predicted molar refractivity (Wildman–Crippen MR) is 79.2 cm³/mol. The highest BCUT2D eigenvalue weighted by molar-refractivity contribution is 9.10. The Bertz CT molecular complexity index is 538. The molecule has 1 atom stereocenters. The Hall–Kier alpha value is -0.720. The predicted octanol–water partition coefficient (Wildman–Crippen LogP) is 4.02. The van der Waals surface area contributed by atoms with Gasteiger partial charge < -0.3 is 5.32 Å². The summed E-state index contributed by atoms with van der Waals surface area (Å²) in [5, 5.41) is 7.84. The van der Waals surface area contributed by atoms with Gasteiger partial charge in [0.1, 0.15) is 9.88 Å². The summed E-state index contributed by atoms with van der Waals surface area (Å²) >= 11 is 6.38. The van der Waals surface area contributed by atoms with E-state index in [1.807, 2.05) is 30.7 Å². The van der Waals surface area contributed by atoms with Crippen molar-refractivity contribution < 1.29 is 4.79 Å². The van der Waals surface area contributed by atoms with Crippen LogP contribution in [0.4, 0.5) is 0 Å². The Kier molecular flexibility index (Phi) is 4.19. The zero-order valence-corrected chi connectivity index (χ0v) is 13.3. The molecule has 2 aromatic heterocycles. The minimum absolute atomic E-state index is 0.0589. The van der Waals surface area contributed by atoms with Gasteiger partial charge in [-0.05, 0) is 40.7 Å². The molecule has 96 valence electrons. The number of hydrogen-bond donors (Lipinski definition) is 1. The van der Waals surface area contributed by atoms with Crippen LogP contribution < -0.4 is 5.32 Å². The summed E-state index contributed by atoms with van der Waals surface area (Å²) in [4.78, 5) is 17.3. The molecule has 0 aliphatic heterocycles. The molecule has 2 heterocycles. The molecule has 3 nitrogen and oxygen atoms in total. The molecular weight excluding hydrogens is 332 g/mol. The third-order valence-electron chi connectivity index (χ3n) is 2.82. The van der Waals surface area contributed by atoms with Crippen LogP contribution in [0.25, 0.3) is 0 Å². The summed E-state index contributed by atoms with van der Waals surface area (Å²) in [6, 6.07) is 1.88. The second-order valence-corrected chi connectivity index (χ2v) is 6.74. The molecule has 0 aliphatic carbocycles. The van der Waals surface area contributed by atoms with Gasteiger partial charge in [-0.2, -0.15) is 0 Å². The second-order valence-electron chi connectivity index (χ2n) is 4.07. The molecule has 0 bridgehead atoms. The van der Waals surface area contributed by atoms with Gasteiger partial charge in [0.05, 0.1) is 5.54 Å². The molecule has 2 aromatic rings. The highest BCUT2D eigenvalue weighted by Gasteiger charge is 2.30. The van der Waals surface area contributed by atoms with E-state index in [-0.39, 0.29) is 5.91 Å². The number of amides is 1. The second kappa shape index (κ2) is 5.50. The van der Waals surface area contributed by atoms with Gasteiger partial charge in [0.25, 0.3) is 5.91 Å². The molecule has 0 aliphatic rings. The number of carbonyl (C=O) groups is 1. The van der Waals surface area contributed by atoms with Crippen LogP contribution in [0.15, 0.2) is 27.5 Å². The molecule has 6 heteroatoms. The van der Waals surface area contributed by atoms with Crippen LogP contribution >= 0.6 is 38.6 Å². The number of thiazole rings is 1. The maximum absolute atomic E-state index is 12.2. The number of halogens is 1. The number of aromatic nitrogens is 1. The zero-order valence-electron chi connectivity index (χ0n) is 10.1. The molecule has 18 heavy (non-hydrogen) atoms. The van der Waals surface area contributed by atoms with E-state index in [0.717, 1.165) is 15.9 Å². The molecule has 0 fully saturated rings. The molecular formula is C12H13BrN2OS2. The van der Waals surface area contributed by atoms with Gasteiger partial charge in [-0.1, -0.05) is 6.92 Å². The number of nitrogens with one attached hydrogen (secondary N) is 1. The van der Waals surface area contributed by atoms with Gasteiger partial charge in [-0.25, -0.2) is 4.98 Å².